The van der Waals surface area contributed by atoms with Crippen LogP contribution in [0, 0.1) is 26.6 Å². The number of aromatic nitrogens is 1. The van der Waals surface area contributed by atoms with Crippen molar-refractivity contribution in [1.82, 2.24) is 10.1 Å². The predicted molar refractivity (Wildman–Crippen MR) is 120 cm³/mol. The minimum atomic E-state index is -0.293. The number of halogens is 1. The lowest BCUT2D eigenvalue weighted by Gasteiger charge is -2.36. The molecule has 1 saturated heterocycles. The number of anilines is 1. The molecule has 1 unspecified atom stereocenters. The molecule has 3 aromatic rings. The zero-order valence-corrected chi connectivity index (χ0v) is 18.7. The van der Waals surface area contributed by atoms with Crippen molar-refractivity contribution in [1.29, 1.82) is 0 Å². The highest BCUT2D eigenvalue weighted by molar-refractivity contribution is 5.79. The van der Waals surface area contributed by atoms with Gasteiger partial charge in [0.2, 0.25) is 0 Å². The van der Waals surface area contributed by atoms with Crippen LogP contribution in [0.4, 0.5) is 10.1 Å². The lowest BCUT2D eigenvalue weighted by atomic mass is 9.89. The van der Waals surface area contributed by atoms with Crippen molar-refractivity contribution in [3.05, 3.63) is 52.0 Å². The number of rotatable bonds is 3. The summed E-state index contributed by atoms with van der Waals surface area (Å²) in [7, 11) is 0. The van der Waals surface area contributed by atoms with Gasteiger partial charge in [-0.05, 0) is 82.4 Å². The summed E-state index contributed by atoms with van der Waals surface area (Å²) in [6.45, 7) is 11.3. The highest BCUT2D eigenvalue weighted by atomic mass is 19.1. The second kappa shape index (κ2) is 7.23. The van der Waals surface area contributed by atoms with Crippen molar-refractivity contribution < 1.29 is 13.7 Å². The fourth-order valence-corrected chi connectivity index (χ4v) is 5.37. The molecule has 0 spiro atoms. The Morgan fingerprint density at radius 2 is 1.90 bits per heavy atom. The maximum absolute atomic E-state index is 13.4. The van der Waals surface area contributed by atoms with E-state index in [4.69, 9.17) is 15.0 Å². The lowest BCUT2D eigenvalue weighted by Crippen LogP contribution is -2.47. The number of benzene rings is 2. The quantitative estimate of drug-likeness (QED) is 0.598. The molecule has 5 nitrogen and oxygen atoms in total. The maximum Gasteiger partial charge on any atom is 0.170 e. The van der Waals surface area contributed by atoms with E-state index in [1.54, 1.807) is 6.07 Å². The number of ether oxygens (including phenoxy) is 1. The number of likely N-dealkylation sites (tertiary alicyclic amines) is 1. The van der Waals surface area contributed by atoms with Gasteiger partial charge in [-0.25, -0.2) is 4.39 Å². The number of nitrogens with zero attached hydrogens (tertiary/aromatic N) is 2. The first-order valence-electron chi connectivity index (χ1n) is 11.1. The van der Waals surface area contributed by atoms with E-state index < -0.39 is 0 Å². The Balaban J connectivity index is 1.27. The van der Waals surface area contributed by atoms with E-state index in [1.165, 1.54) is 17.7 Å². The van der Waals surface area contributed by atoms with Crippen LogP contribution in [0.5, 0.6) is 5.75 Å². The summed E-state index contributed by atoms with van der Waals surface area (Å²) in [5, 5.41) is 5.20. The molecule has 0 saturated carbocycles. The summed E-state index contributed by atoms with van der Waals surface area (Å²) in [5.41, 5.74) is 13.2. The molecular weight excluding hydrogens is 393 g/mol. The van der Waals surface area contributed by atoms with Gasteiger partial charge in [0.25, 0.3) is 0 Å². The molecule has 1 fully saturated rings. The molecule has 1 aromatic heterocycles. The molecule has 5 rings (SSSR count). The number of fused-ring (bicyclic) bond motifs is 2. The van der Waals surface area contributed by atoms with Crippen LogP contribution >= 0.6 is 0 Å². The molecule has 0 bridgehead atoms. The van der Waals surface area contributed by atoms with E-state index in [0.29, 0.717) is 11.5 Å². The van der Waals surface area contributed by atoms with Gasteiger partial charge in [0, 0.05) is 41.6 Å². The summed E-state index contributed by atoms with van der Waals surface area (Å²) >= 11 is 0. The average molecular weight is 424 g/mol. The summed E-state index contributed by atoms with van der Waals surface area (Å²) in [5.74, 6) is 1.07. The van der Waals surface area contributed by atoms with Gasteiger partial charge < -0.3 is 15.0 Å². The molecule has 2 aromatic carbocycles. The fraction of sp³-hybridized carbons (Fsp3) is 0.480. The SMILES string of the molecule is Cc1c(C)c2c(c(C)c1N)CC(C)(CN1CCC(c3noc4cc(F)ccc34)CC1)O2. The van der Waals surface area contributed by atoms with Crippen LogP contribution in [-0.2, 0) is 6.42 Å². The van der Waals surface area contributed by atoms with Crippen molar-refractivity contribution in [2.24, 2.45) is 0 Å². The van der Waals surface area contributed by atoms with Crippen LogP contribution < -0.4 is 10.5 Å². The van der Waals surface area contributed by atoms with Gasteiger partial charge in [-0.2, -0.15) is 0 Å². The van der Waals surface area contributed by atoms with E-state index in [0.717, 1.165) is 78.1 Å². The van der Waals surface area contributed by atoms with Crippen molar-refractivity contribution >= 4 is 16.7 Å². The predicted octanol–water partition coefficient (Wildman–Crippen LogP) is 5.05. The number of hydrogen-bond donors (Lipinski definition) is 1. The summed E-state index contributed by atoms with van der Waals surface area (Å²) in [4.78, 5) is 2.49. The van der Waals surface area contributed by atoms with Crippen LogP contribution in [0.2, 0.25) is 0 Å². The van der Waals surface area contributed by atoms with Crippen LogP contribution in [-0.4, -0.2) is 35.3 Å². The van der Waals surface area contributed by atoms with Gasteiger partial charge in [0.1, 0.15) is 17.2 Å². The maximum atomic E-state index is 13.4. The second-order valence-corrected chi connectivity index (χ2v) is 9.58. The van der Waals surface area contributed by atoms with Crippen molar-refractivity contribution in [3.63, 3.8) is 0 Å². The van der Waals surface area contributed by atoms with Gasteiger partial charge in [-0.1, -0.05) is 5.16 Å². The van der Waals surface area contributed by atoms with Crippen LogP contribution in [0.25, 0.3) is 11.0 Å². The van der Waals surface area contributed by atoms with E-state index in [9.17, 15) is 4.39 Å². The Morgan fingerprint density at radius 1 is 1.16 bits per heavy atom. The molecule has 2 aliphatic heterocycles. The molecule has 1 atom stereocenters. The molecule has 0 amide bonds. The fourth-order valence-electron chi connectivity index (χ4n) is 5.37. The van der Waals surface area contributed by atoms with Gasteiger partial charge in [0.15, 0.2) is 5.58 Å². The third kappa shape index (κ3) is 3.37. The zero-order valence-electron chi connectivity index (χ0n) is 18.7. The Kier molecular flexibility index (Phi) is 4.74. The third-order valence-electron chi connectivity index (χ3n) is 7.33. The smallest absolute Gasteiger partial charge is 0.170 e. The van der Waals surface area contributed by atoms with Crippen molar-refractivity contribution in [3.8, 4) is 5.75 Å². The summed E-state index contributed by atoms with van der Waals surface area (Å²) in [6, 6.07) is 4.67. The first kappa shape index (κ1) is 20.3. The van der Waals surface area contributed by atoms with Crippen molar-refractivity contribution in [2.75, 3.05) is 25.4 Å². The largest absolute Gasteiger partial charge is 0.485 e. The molecule has 31 heavy (non-hydrogen) atoms. The molecule has 6 heteroatoms. The minimum Gasteiger partial charge on any atom is -0.485 e. The lowest BCUT2D eigenvalue weighted by molar-refractivity contribution is 0.0520. The highest BCUT2D eigenvalue weighted by Crippen LogP contribution is 2.44. The molecule has 164 valence electrons. The zero-order chi connectivity index (χ0) is 21.9. The minimum absolute atomic E-state index is 0.247. The normalized spacial score (nSPS) is 22.1. The van der Waals surface area contributed by atoms with Gasteiger partial charge in [-0.3, -0.25) is 4.90 Å². The highest BCUT2D eigenvalue weighted by Gasteiger charge is 2.40. The Morgan fingerprint density at radius 3 is 2.65 bits per heavy atom. The second-order valence-electron chi connectivity index (χ2n) is 9.58. The Labute approximate surface area is 182 Å². The van der Waals surface area contributed by atoms with Gasteiger partial charge >= 0.3 is 0 Å². The monoisotopic (exact) mass is 423 g/mol. The average Bonchev–Trinajstić information content (AvgIpc) is 3.32. The van der Waals surface area contributed by atoms with Crippen LogP contribution in [0.3, 0.4) is 0 Å². The first-order valence-corrected chi connectivity index (χ1v) is 11.1. The molecule has 2 aliphatic rings. The molecule has 3 heterocycles. The van der Waals surface area contributed by atoms with E-state index >= 15 is 0 Å². The summed E-state index contributed by atoms with van der Waals surface area (Å²) < 4.78 is 25.4. The molecule has 0 aliphatic carbocycles. The Bertz CT molecular complexity index is 1120. The topological polar surface area (TPSA) is 64.5 Å². The standard InChI is InChI=1S/C25H30FN3O2/c1-14-15(2)24-20(16(3)22(14)27)12-25(4,30-24)13-29-9-7-17(8-10-29)23-19-6-5-18(26)11-21(19)31-28-23/h5-6,11,17H,7-10,12-13,27H2,1-4H3. The molecule has 0 radical (unpaired) electrons. The third-order valence-corrected chi connectivity index (χ3v) is 7.33. The van der Waals surface area contributed by atoms with E-state index in [-0.39, 0.29) is 11.4 Å². The van der Waals surface area contributed by atoms with E-state index in [2.05, 4.69) is 37.8 Å². The van der Waals surface area contributed by atoms with Crippen molar-refractivity contribution in [2.45, 2.75) is 58.5 Å². The first-order chi connectivity index (χ1) is 14.8. The van der Waals surface area contributed by atoms with E-state index in [1.807, 2.05) is 0 Å². The van der Waals surface area contributed by atoms with Gasteiger partial charge in [-0.15, -0.1) is 0 Å². The number of nitrogens with two attached hydrogens (primary N) is 1. The van der Waals surface area contributed by atoms with Gasteiger partial charge in [0.05, 0.1) is 5.69 Å². The number of hydrogen-bond acceptors (Lipinski definition) is 5. The van der Waals surface area contributed by atoms with Crippen LogP contribution in [0.1, 0.15) is 53.6 Å². The molecular formula is C25H30FN3O2. The summed E-state index contributed by atoms with van der Waals surface area (Å²) in [6.07, 6.45) is 2.90. The number of piperidine rings is 1. The Hall–Kier alpha value is -2.60. The number of nitrogen functional groups attached to an aromatic ring is 1. The van der Waals surface area contributed by atoms with Crippen LogP contribution in [0.15, 0.2) is 22.7 Å². The molecule has 2 N–H and O–H groups in total.